The minimum atomic E-state index is -0.506. The number of hydrogen-bond donors (Lipinski definition) is 1. The molecule has 0 bridgehead atoms. The predicted molar refractivity (Wildman–Crippen MR) is 61.8 cm³/mol. The highest BCUT2D eigenvalue weighted by Crippen LogP contribution is 2.51. The lowest BCUT2D eigenvalue weighted by Gasteiger charge is -2.31. The number of ether oxygens (including phenoxy) is 1. The Bertz CT molecular complexity index is 277. The highest BCUT2D eigenvalue weighted by atomic mass is 32.2. The van der Waals surface area contributed by atoms with Gasteiger partial charge in [-0.15, -0.1) is 23.5 Å². The maximum absolute atomic E-state index is 9.80. The molecule has 0 unspecified atom stereocenters. The number of thioether (sulfide) groups is 2. The van der Waals surface area contributed by atoms with Gasteiger partial charge in [0.2, 0.25) is 0 Å². The molecule has 0 amide bonds. The van der Waals surface area contributed by atoms with Crippen LogP contribution in [-0.4, -0.2) is 39.6 Å². The lowest BCUT2D eigenvalue weighted by molar-refractivity contribution is 0.0319. The van der Waals surface area contributed by atoms with Crippen LogP contribution < -0.4 is 0 Å². The van der Waals surface area contributed by atoms with E-state index in [-0.39, 0.29) is 16.9 Å². The first kappa shape index (κ1) is 11.4. The molecular formula is C8H13N3O2S2. The van der Waals surface area contributed by atoms with Crippen LogP contribution in [0, 0.1) is 0 Å². The van der Waals surface area contributed by atoms with E-state index in [1.54, 1.807) is 23.5 Å². The van der Waals surface area contributed by atoms with Crippen LogP contribution in [0.15, 0.2) is 5.11 Å². The van der Waals surface area contributed by atoms with Crippen molar-refractivity contribution in [1.82, 2.24) is 0 Å². The third kappa shape index (κ3) is 2.54. The van der Waals surface area contributed by atoms with Crippen molar-refractivity contribution in [3.05, 3.63) is 10.4 Å². The molecule has 0 aliphatic carbocycles. The summed E-state index contributed by atoms with van der Waals surface area (Å²) in [4.78, 5) is 2.69. The molecule has 5 nitrogen and oxygen atoms in total. The molecule has 84 valence electrons. The van der Waals surface area contributed by atoms with Crippen LogP contribution >= 0.6 is 23.5 Å². The molecule has 0 aromatic carbocycles. The zero-order valence-corrected chi connectivity index (χ0v) is 9.84. The van der Waals surface area contributed by atoms with E-state index in [2.05, 4.69) is 10.0 Å². The first-order valence-electron chi connectivity index (χ1n) is 4.90. The van der Waals surface area contributed by atoms with Crippen molar-refractivity contribution in [2.45, 2.75) is 29.3 Å². The standard InChI is InChI=1S/C8H13N3O2S2/c9-11-10-5-7-6(12)4-8(13-7)14-2-1-3-15-8/h6-7,12H,1-5H2/t6-,7+/m0/s1. The third-order valence-corrected chi connectivity index (χ3v) is 5.57. The summed E-state index contributed by atoms with van der Waals surface area (Å²) in [6, 6.07) is 0. The third-order valence-electron chi connectivity index (χ3n) is 2.48. The van der Waals surface area contributed by atoms with E-state index in [0.29, 0.717) is 6.42 Å². The summed E-state index contributed by atoms with van der Waals surface area (Å²) in [5.74, 6) is 2.15. The topological polar surface area (TPSA) is 78.2 Å². The van der Waals surface area contributed by atoms with Crippen molar-refractivity contribution >= 4 is 23.5 Å². The van der Waals surface area contributed by atoms with Crippen LogP contribution in [0.1, 0.15) is 12.8 Å². The van der Waals surface area contributed by atoms with Gasteiger partial charge in [0.15, 0.2) is 4.27 Å². The Morgan fingerprint density at radius 2 is 2.27 bits per heavy atom. The maximum Gasteiger partial charge on any atom is 0.163 e. The van der Waals surface area contributed by atoms with Crippen LogP contribution in [0.5, 0.6) is 0 Å². The van der Waals surface area contributed by atoms with Gasteiger partial charge < -0.3 is 9.84 Å². The molecule has 1 N–H and O–H groups in total. The summed E-state index contributed by atoms with van der Waals surface area (Å²) < 4.78 is 5.53. The lowest BCUT2D eigenvalue weighted by atomic mass is 10.2. The fraction of sp³-hybridized carbons (Fsp3) is 1.00. The molecule has 2 rings (SSSR count). The molecule has 2 heterocycles. The highest BCUT2D eigenvalue weighted by molar-refractivity contribution is 8.18. The van der Waals surface area contributed by atoms with Crippen molar-refractivity contribution in [2.75, 3.05) is 18.1 Å². The van der Waals surface area contributed by atoms with Crippen LogP contribution in [0.4, 0.5) is 0 Å². The molecule has 0 aromatic rings. The summed E-state index contributed by atoms with van der Waals surface area (Å²) in [5.41, 5.74) is 8.23. The van der Waals surface area contributed by atoms with E-state index in [4.69, 9.17) is 10.3 Å². The van der Waals surface area contributed by atoms with Gasteiger partial charge in [0.1, 0.15) is 0 Å². The Morgan fingerprint density at radius 1 is 1.53 bits per heavy atom. The Morgan fingerprint density at radius 3 is 2.93 bits per heavy atom. The van der Waals surface area contributed by atoms with Gasteiger partial charge in [0, 0.05) is 11.3 Å². The van der Waals surface area contributed by atoms with E-state index in [1.807, 2.05) is 0 Å². The second kappa shape index (κ2) is 4.84. The van der Waals surface area contributed by atoms with E-state index in [0.717, 1.165) is 11.5 Å². The van der Waals surface area contributed by atoms with Crippen molar-refractivity contribution in [1.29, 1.82) is 0 Å². The molecule has 0 radical (unpaired) electrons. The molecule has 2 aliphatic heterocycles. The smallest absolute Gasteiger partial charge is 0.163 e. The maximum atomic E-state index is 9.80. The van der Waals surface area contributed by atoms with Crippen molar-refractivity contribution < 1.29 is 9.84 Å². The molecule has 0 saturated carbocycles. The molecule has 2 aliphatic rings. The molecule has 0 aromatic heterocycles. The van der Waals surface area contributed by atoms with E-state index in [9.17, 15) is 5.11 Å². The zero-order valence-electron chi connectivity index (χ0n) is 8.20. The van der Waals surface area contributed by atoms with Crippen molar-refractivity contribution in [2.24, 2.45) is 5.11 Å². The van der Waals surface area contributed by atoms with Gasteiger partial charge in [0.25, 0.3) is 0 Å². The quantitative estimate of drug-likeness (QED) is 0.459. The van der Waals surface area contributed by atoms with Gasteiger partial charge >= 0.3 is 0 Å². The van der Waals surface area contributed by atoms with E-state index >= 15 is 0 Å². The van der Waals surface area contributed by atoms with Crippen molar-refractivity contribution in [3.8, 4) is 0 Å². The van der Waals surface area contributed by atoms with Gasteiger partial charge in [-0.3, -0.25) is 0 Å². The number of azide groups is 1. The molecule has 2 fully saturated rings. The van der Waals surface area contributed by atoms with Gasteiger partial charge in [-0.05, 0) is 23.5 Å². The fourth-order valence-electron chi connectivity index (χ4n) is 1.76. The summed E-state index contributed by atoms with van der Waals surface area (Å²) in [7, 11) is 0. The van der Waals surface area contributed by atoms with Crippen LogP contribution in [0.25, 0.3) is 10.4 Å². The number of hydrogen-bond acceptors (Lipinski definition) is 5. The lowest BCUT2D eigenvalue weighted by Crippen LogP contribution is -2.26. The first-order valence-corrected chi connectivity index (χ1v) is 6.87. The Kier molecular flexibility index (Phi) is 3.69. The fourth-order valence-corrected chi connectivity index (χ4v) is 4.94. The monoisotopic (exact) mass is 247 g/mol. The summed E-state index contributed by atoms with van der Waals surface area (Å²) >= 11 is 3.52. The van der Waals surface area contributed by atoms with Gasteiger partial charge in [-0.25, -0.2) is 0 Å². The van der Waals surface area contributed by atoms with Crippen molar-refractivity contribution in [3.63, 3.8) is 0 Å². The average molecular weight is 247 g/mol. The van der Waals surface area contributed by atoms with Crippen LogP contribution in [-0.2, 0) is 4.74 Å². The number of aliphatic hydroxyl groups excluding tert-OH is 1. The van der Waals surface area contributed by atoms with Crippen LogP contribution in [0.3, 0.4) is 0 Å². The molecular weight excluding hydrogens is 234 g/mol. The number of nitrogens with zero attached hydrogens (tertiary/aromatic N) is 3. The molecule has 7 heteroatoms. The molecule has 1 spiro atoms. The molecule has 2 saturated heterocycles. The van der Waals surface area contributed by atoms with E-state index in [1.165, 1.54) is 6.42 Å². The second-order valence-corrected chi connectivity index (χ2v) is 6.55. The first-order chi connectivity index (χ1) is 7.26. The summed E-state index contributed by atoms with van der Waals surface area (Å²) in [6.45, 7) is 0.223. The van der Waals surface area contributed by atoms with Crippen LogP contribution in [0.2, 0.25) is 0 Å². The Labute approximate surface area is 96.6 Å². The predicted octanol–water partition coefficient (Wildman–Crippen LogP) is 1.97. The number of aliphatic hydroxyl groups is 1. The molecule has 15 heavy (non-hydrogen) atoms. The second-order valence-electron chi connectivity index (χ2n) is 3.57. The van der Waals surface area contributed by atoms with Gasteiger partial charge in [-0.1, -0.05) is 5.11 Å². The van der Waals surface area contributed by atoms with Gasteiger partial charge in [-0.2, -0.15) is 0 Å². The Balaban J connectivity index is 1.98. The normalized spacial score (nSPS) is 33.9. The average Bonchev–Trinajstić information content (AvgIpc) is 2.53. The minimum Gasteiger partial charge on any atom is -0.390 e. The zero-order chi connectivity index (χ0) is 10.7. The Hall–Kier alpha value is -0.0700. The van der Waals surface area contributed by atoms with Gasteiger partial charge in [0.05, 0.1) is 18.8 Å². The summed E-state index contributed by atoms with van der Waals surface area (Å²) in [6.07, 6.45) is 0.985. The highest BCUT2D eigenvalue weighted by Gasteiger charge is 2.47. The molecule has 2 atom stereocenters. The number of rotatable bonds is 2. The minimum absolute atomic E-state index is 0.223. The largest absolute Gasteiger partial charge is 0.390 e. The van der Waals surface area contributed by atoms with E-state index < -0.39 is 6.10 Å². The summed E-state index contributed by atoms with van der Waals surface area (Å²) in [5, 5.41) is 13.3. The SMILES string of the molecule is [N-]=[N+]=NC[C@H]1OC2(C[C@@H]1O)SCCCS2.